The maximum Gasteiger partial charge on any atom is 0.252 e. The average Bonchev–Trinajstić information content (AvgIpc) is 3.87. The fourth-order valence-corrected chi connectivity index (χ4v) is 14.8. The van der Waals surface area contributed by atoms with E-state index in [-0.39, 0.29) is 33.9 Å². The van der Waals surface area contributed by atoms with Crippen molar-refractivity contribution < 1.29 is 0 Å². The van der Waals surface area contributed by atoms with Crippen LogP contribution in [-0.4, -0.2) is 12.3 Å². The molecule has 5 heteroatoms. The number of benzene rings is 8. The summed E-state index contributed by atoms with van der Waals surface area (Å²) in [5.41, 5.74) is 23.3. The lowest BCUT2D eigenvalue weighted by Gasteiger charge is -2.50. The summed E-state index contributed by atoms with van der Waals surface area (Å²) < 4.78 is 2.65. The van der Waals surface area contributed by atoms with E-state index in [0.29, 0.717) is 0 Å². The van der Waals surface area contributed by atoms with Gasteiger partial charge in [-0.1, -0.05) is 167 Å². The van der Waals surface area contributed by atoms with E-state index in [9.17, 15) is 0 Å². The molecular formula is C69H70BN3S. The van der Waals surface area contributed by atoms with Gasteiger partial charge in [-0.2, -0.15) is 0 Å². The maximum atomic E-state index is 2.79. The molecule has 0 bridgehead atoms. The van der Waals surface area contributed by atoms with Crippen LogP contribution in [0.3, 0.4) is 0 Å². The molecule has 1 aliphatic carbocycles. The molecule has 2 atom stereocenters. The lowest BCUT2D eigenvalue weighted by Crippen LogP contribution is -2.61. The van der Waals surface area contributed by atoms with E-state index in [1.807, 2.05) is 11.3 Å². The molecule has 370 valence electrons. The number of rotatable bonds is 4. The van der Waals surface area contributed by atoms with Gasteiger partial charge in [-0.15, -0.1) is 11.3 Å². The van der Waals surface area contributed by atoms with Gasteiger partial charge in [0.05, 0.1) is 11.2 Å². The van der Waals surface area contributed by atoms with Crippen LogP contribution in [0.25, 0.3) is 31.3 Å². The second-order valence-electron chi connectivity index (χ2n) is 25.8. The number of hydrogen-bond donors (Lipinski definition) is 0. The van der Waals surface area contributed by atoms with Crippen LogP contribution in [-0.2, 0) is 21.7 Å². The van der Waals surface area contributed by atoms with Gasteiger partial charge in [-0.05, 0) is 165 Å². The first-order valence-corrected chi connectivity index (χ1v) is 28.1. The number of nitrogens with zero attached hydrogens (tertiary/aromatic N) is 3. The standard InChI is InChI=1S/C69H70BN3S/c1-43-36-60-64-61(37-43)72(56-31-25-45(65(2,3)4)38-51(56)44-20-14-13-15-21-44)58-40-47(67(8,9)10)24-29-54(58)70(64)55-30-27-49(42-59(55)71(60)48-28-33-63-52(41-48)50-22-16-17-23-62(50)74-63)73-57-32-26-46(66(5,6)7)39-53(57)68(11)34-18-19-35-69(68,73)12/h13-17,20-33,36-42H,18-19,34-35H2,1-12H3. The summed E-state index contributed by atoms with van der Waals surface area (Å²) in [5.74, 6) is 0. The fraction of sp³-hybridized carbons (Fsp3) is 0.304. The van der Waals surface area contributed by atoms with Gasteiger partial charge < -0.3 is 14.7 Å². The molecule has 1 fully saturated rings. The van der Waals surface area contributed by atoms with E-state index in [1.165, 1.54) is 140 Å². The van der Waals surface area contributed by atoms with Crippen LogP contribution >= 0.6 is 11.3 Å². The van der Waals surface area contributed by atoms with Crippen LogP contribution in [0.15, 0.2) is 158 Å². The van der Waals surface area contributed by atoms with Crippen LogP contribution < -0.4 is 31.1 Å². The summed E-state index contributed by atoms with van der Waals surface area (Å²) in [6.07, 6.45) is 4.85. The van der Waals surface area contributed by atoms with Crippen molar-refractivity contribution in [1.29, 1.82) is 0 Å². The molecule has 0 N–H and O–H groups in total. The molecule has 4 heterocycles. The van der Waals surface area contributed by atoms with Crippen molar-refractivity contribution in [2.45, 2.75) is 136 Å². The van der Waals surface area contributed by atoms with Gasteiger partial charge in [0.2, 0.25) is 0 Å². The molecule has 0 amide bonds. The van der Waals surface area contributed by atoms with E-state index in [0.717, 1.165) is 6.42 Å². The van der Waals surface area contributed by atoms with Gasteiger partial charge in [-0.25, -0.2) is 0 Å². The average molecular weight is 984 g/mol. The molecule has 1 aromatic heterocycles. The molecule has 0 radical (unpaired) electrons. The quantitative estimate of drug-likeness (QED) is 0.163. The van der Waals surface area contributed by atoms with E-state index in [1.54, 1.807) is 0 Å². The highest BCUT2D eigenvalue weighted by Crippen LogP contribution is 2.62. The van der Waals surface area contributed by atoms with Gasteiger partial charge in [-0.3, -0.25) is 0 Å². The summed E-state index contributed by atoms with van der Waals surface area (Å²) in [4.78, 5) is 8.09. The highest BCUT2D eigenvalue weighted by molar-refractivity contribution is 7.25. The van der Waals surface area contributed by atoms with Crippen molar-refractivity contribution in [3.05, 3.63) is 186 Å². The van der Waals surface area contributed by atoms with E-state index in [4.69, 9.17) is 0 Å². The predicted octanol–water partition coefficient (Wildman–Crippen LogP) is 17.7. The summed E-state index contributed by atoms with van der Waals surface area (Å²) in [5, 5.41) is 2.63. The summed E-state index contributed by atoms with van der Waals surface area (Å²) in [6.45, 7) is 28.6. The molecule has 4 aliphatic rings. The van der Waals surface area contributed by atoms with Crippen molar-refractivity contribution in [3.63, 3.8) is 0 Å². The van der Waals surface area contributed by atoms with Crippen molar-refractivity contribution in [3.8, 4) is 11.1 Å². The predicted molar refractivity (Wildman–Crippen MR) is 322 cm³/mol. The third kappa shape index (κ3) is 6.97. The first kappa shape index (κ1) is 47.2. The van der Waals surface area contributed by atoms with Crippen molar-refractivity contribution in [1.82, 2.24) is 0 Å². The zero-order valence-electron chi connectivity index (χ0n) is 45.7. The zero-order chi connectivity index (χ0) is 51.4. The minimum atomic E-state index is -0.0890. The van der Waals surface area contributed by atoms with Crippen LogP contribution in [0.4, 0.5) is 45.5 Å². The van der Waals surface area contributed by atoms with E-state index in [2.05, 4.69) is 256 Å². The normalized spacial score (nSPS) is 19.1. The van der Waals surface area contributed by atoms with Gasteiger partial charge in [0, 0.05) is 71.0 Å². The molecule has 2 unspecified atom stereocenters. The van der Waals surface area contributed by atoms with Gasteiger partial charge in [0.25, 0.3) is 6.71 Å². The van der Waals surface area contributed by atoms with E-state index >= 15 is 0 Å². The van der Waals surface area contributed by atoms with Crippen molar-refractivity contribution in [2.75, 3.05) is 14.7 Å². The van der Waals surface area contributed by atoms with E-state index < -0.39 is 0 Å². The minimum Gasteiger partial charge on any atom is -0.334 e. The lowest BCUT2D eigenvalue weighted by molar-refractivity contribution is 0.195. The molecule has 74 heavy (non-hydrogen) atoms. The SMILES string of the molecule is Cc1cc2c3c(c1)N(c1ccc(C(C)(C)C)cc1-c1ccccc1)c1cc(C(C)(C)C)ccc1B3c1ccc(N3c4ccc(C(C)(C)C)cc4C4(C)CCCCC34C)cc1N2c1ccc2sc3ccccc3c2c1. The third-order valence-electron chi connectivity index (χ3n) is 18.1. The second kappa shape index (κ2) is 16.2. The van der Waals surface area contributed by atoms with Gasteiger partial charge >= 0.3 is 0 Å². The first-order chi connectivity index (χ1) is 35.2. The molecule has 9 aromatic rings. The Hall–Kier alpha value is -6.56. The fourth-order valence-electron chi connectivity index (χ4n) is 13.8. The number of aryl methyl sites for hydroxylation is 1. The third-order valence-corrected chi connectivity index (χ3v) is 19.3. The van der Waals surface area contributed by atoms with Crippen molar-refractivity contribution in [2.24, 2.45) is 0 Å². The van der Waals surface area contributed by atoms with Gasteiger partial charge in [0.15, 0.2) is 0 Å². The van der Waals surface area contributed by atoms with Crippen LogP contribution in [0, 0.1) is 6.92 Å². The molecule has 3 aliphatic heterocycles. The van der Waals surface area contributed by atoms with Crippen LogP contribution in [0.2, 0.25) is 0 Å². The Morgan fingerprint density at radius 3 is 1.78 bits per heavy atom. The topological polar surface area (TPSA) is 9.72 Å². The Kier molecular flexibility index (Phi) is 10.3. The summed E-state index contributed by atoms with van der Waals surface area (Å²) >= 11 is 1.89. The number of anilines is 8. The number of hydrogen-bond acceptors (Lipinski definition) is 4. The monoisotopic (exact) mass is 984 g/mol. The number of thiophene rings is 1. The summed E-state index contributed by atoms with van der Waals surface area (Å²) in [7, 11) is 0. The molecular weight excluding hydrogens is 914 g/mol. The largest absolute Gasteiger partial charge is 0.334 e. The molecule has 3 nitrogen and oxygen atoms in total. The van der Waals surface area contributed by atoms with Crippen LogP contribution in [0.1, 0.15) is 130 Å². The summed E-state index contributed by atoms with van der Waals surface area (Å²) in [6, 6.07) is 62.0. The lowest BCUT2D eigenvalue weighted by atomic mass is 9.33. The number of fused-ring (bicyclic) bond motifs is 10. The smallest absolute Gasteiger partial charge is 0.252 e. The van der Waals surface area contributed by atoms with Crippen LogP contribution in [0.5, 0.6) is 0 Å². The first-order valence-electron chi connectivity index (χ1n) is 27.3. The zero-order valence-corrected chi connectivity index (χ0v) is 46.5. The molecule has 1 saturated carbocycles. The van der Waals surface area contributed by atoms with Gasteiger partial charge in [0.1, 0.15) is 0 Å². The highest BCUT2D eigenvalue weighted by Gasteiger charge is 2.58. The minimum absolute atomic E-state index is 0.00311. The molecule has 0 saturated heterocycles. The Labute approximate surface area is 445 Å². The second-order valence-corrected chi connectivity index (χ2v) is 26.9. The maximum absolute atomic E-state index is 2.79. The Bertz CT molecular complexity index is 3770. The molecule has 13 rings (SSSR count). The highest BCUT2D eigenvalue weighted by atomic mass is 32.1. The Morgan fingerprint density at radius 1 is 0.473 bits per heavy atom. The molecule has 8 aromatic carbocycles. The van der Waals surface area contributed by atoms with Crippen molar-refractivity contribution >= 4 is 100 Å². The molecule has 0 spiro atoms. The Balaban J connectivity index is 1.10. The Morgan fingerprint density at radius 2 is 1.05 bits per heavy atom.